The molecule has 1 heterocycles. The number of rotatable bonds is 4. The van der Waals surface area contributed by atoms with E-state index in [-0.39, 0.29) is 5.82 Å². The van der Waals surface area contributed by atoms with Crippen LogP contribution in [0.3, 0.4) is 0 Å². The molecule has 0 bridgehead atoms. The third-order valence-corrected chi connectivity index (χ3v) is 1.74. The first kappa shape index (κ1) is 9.64. The predicted octanol–water partition coefficient (Wildman–Crippen LogP) is 0.918. The van der Waals surface area contributed by atoms with Crippen LogP contribution in [-0.2, 0) is 6.42 Å². The second-order valence-corrected chi connectivity index (χ2v) is 2.88. The number of primary amides is 1. The van der Waals surface area contributed by atoms with Gasteiger partial charge in [-0.15, -0.1) is 0 Å². The van der Waals surface area contributed by atoms with Crippen LogP contribution in [0, 0.1) is 0 Å². The number of aromatic nitrogens is 2. The maximum absolute atomic E-state index is 10.6. The fraction of sp³-hybridized carbons (Fsp3) is 0.444. The molecule has 70 valence electrons. The Kier molecular flexibility index (Phi) is 3.37. The summed E-state index contributed by atoms with van der Waals surface area (Å²) in [6.45, 7) is 2.12. The van der Waals surface area contributed by atoms with Crippen LogP contribution in [0.15, 0.2) is 12.4 Å². The Morgan fingerprint density at radius 2 is 2.08 bits per heavy atom. The molecular weight excluding hydrogens is 166 g/mol. The van der Waals surface area contributed by atoms with Gasteiger partial charge in [0.1, 0.15) is 0 Å². The molecule has 4 nitrogen and oxygen atoms in total. The average molecular weight is 179 g/mol. The highest BCUT2D eigenvalue weighted by atomic mass is 16.1. The predicted molar refractivity (Wildman–Crippen MR) is 49.2 cm³/mol. The largest absolute Gasteiger partial charge is 0.363 e. The molecule has 4 heteroatoms. The molecule has 0 aliphatic heterocycles. The molecule has 0 spiro atoms. The first-order valence-corrected chi connectivity index (χ1v) is 4.34. The van der Waals surface area contributed by atoms with E-state index >= 15 is 0 Å². The minimum atomic E-state index is -0.581. The zero-order valence-electron chi connectivity index (χ0n) is 7.66. The van der Waals surface area contributed by atoms with Crippen LogP contribution in [0.25, 0.3) is 0 Å². The number of hydrogen-bond donors (Lipinski definition) is 1. The number of nitrogens with two attached hydrogens (primary N) is 1. The highest BCUT2D eigenvalue weighted by Crippen LogP contribution is 2.01. The van der Waals surface area contributed by atoms with Gasteiger partial charge >= 0.3 is 0 Å². The topological polar surface area (TPSA) is 68.9 Å². The van der Waals surface area contributed by atoms with Gasteiger partial charge in [0, 0.05) is 12.4 Å². The first-order chi connectivity index (χ1) is 6.24. The van der Waals surface area contributed by atoms with Crippen LogP contribution in [0.1, 0.15) is 35.9 Å². The fourth-order valence-electron chi connectivity index (χ4n) is 0.992. The van der Waals surface area contributed by atoms with E-state index in [4.69, 9.17) is 5.73 Å². The zero-order chi connectivity index (χ0) is 9.68. The number of nitrogens with zero attached hydrogens (tertiary/aromatic N) is 2. The molecule has 1 aromatic rings. The zero-order valence-corrected chi connectivity index (χ0v) is 7.66. The third kappa shape index (κ3) is 2.82. The third-order valence-electron chi connectivity index (χ3n) is 1.74. The standard InChI is InChI=1S/C9H13N3O/c1-2-3-4-7-5-11-9(8(10)13)12-6-7/h5-6H,2-4H2,1H3,(H2,10,13). The lowest BCUT2D eigenvalue weighted by molar-refractivity contribution is 0.0990. The Hall–Kier alpha value is -1.45. The van der Waals surface area contributed by atoms with Crippen molar-refractivity contribution in [3.05, 3.63) is 23.8 Å². The number of carbonyl (C=O) groups excluding carboxylic acids is 1. The highest BCUT2D eigenvalue weighted by molar-refractivity contribution is 5.88. The van der Waals surface area contributed by atoms with Gasteiger partial charge in [-0.05, 0) is 18.4 Å². The van der Waals surface area contributed by atoms with Crippen molar-refractivity contribution in [3.8, 4) is 0 Å². The van der Waals surface area contributed by atoms with Gasteiger partial charge in [0.05, 0.1) is 0 Å². The van der Waals surface area contributed by atoms with E-state index in [0.29, 0.717) is 0 Å². The Balaban J connectivity index is 2.64. The van der Waals surface area contributed by atoms with Gasteiger partial charge < -0.3 is 5.73 Å². The van der Waals surface area contributed by atoms with E-state index in [2.05, 4.69) is 16.9 Å². The number of amides is 1. The molecular formula is C9H13N3O. The maximum Gasteiger partial charge on any atom is 0.286 e. The van der Waals surface area contributed by atoms with E-state index in [1.54, 1.807) is 12.4 Å². The summed E-state index contributed by atoms with van der Waals surface area (Å²) in [6.07, 6.45) is 6.51. The van der Waals surface area contributed by atoms with Crippen LogP contribution >= 0.6 is 0 Å². The summed E-state index contributed by atoms with van der Waals surface area (Å²) in [7, 11) is 0. The Bertz CT molecular complexity index is 281. The molecule has 0 saturated heterocycles. The lowest BCUT2D eigenvalue weighted by Crippen LogP contribution is -2.15. The van der Waals surface area contributed by atoms with Crippen molar-refractivity contribution in [2.45, 2.75) is 26.2 Å². The highest BCUT2D eigenvalue weighted by Gasteiger charge is 2.02. The molecule has 1 aromatic heterocycles. The summed E-state index contributed by atoms with van der Waals surface area (Å²) in [4.78, 5) is 18.3. The maximum atomic E-state index is 10.6. The van der Waals surface area contributed by atoms with Crippen molar-refractivity contribution in [2.75, 3.05) is 0 Å². The monoisotopic (exact) mass is 179 g/mol. The van der Waals surface area contributed by atoms with Gasteiger partial charge in [-0.25, -0.2) is 9.97 Å². The summed E-state index contributed by atoms with van der Waals surface area (Å²) >= 11 is 0. The minimum absolute atomic E-state index is 0.0836. The van der Waals surface area contributed by atoms with Crippen LogP contribution < -0.4 is 5.73 Å². The number of hydrogen-bond acceptors (Lipinski definition) is 3. The summed E-state index contributed by atoms with van der Waals surface area (Å²) in [5.74, 6) is -0.498. The van der Waals surface area contributed by atoms with Crippen molar-refractivity contribution < 1.29 is 4.79 Å². The average Bonchev–Trinajstić information content (AvgIpc) is 2.15. The molecule has 2 N–H and O–H groups in total. The molecule has 0 radical (unpaired) electrons. The van der Waals surface area contributed by atoms with Gasteiger partial charge in [-0.2, -0.15) is 0 Å². The Morgan fingerprint density at radius 1 is 1.46 bits per heavy atom. The summed E-state index contributed by atoms with van der Waals surface area (Å²) in [5, 5.41) is 0. The van der Waals surface area contributed by atoms with E-state index < -0.39 is 5.91 Å². The lowest BCUT2D eigenvalue weighted by atomic mass is 10.1. The van der Waals surface area contributed by atoms with Crippen molar-refractivity contribution in [2.24, 2.45) is 5.73 Å². The summed E-state index contributed by atoms with van der Waals surface area (Å²) < 4.78 is 0. The smallest absolute Gasteiger partial charge is 0.286 e. The van der Waals surface area contributed by atoms with Crippen LogP contribution in [0.4, 0.5) is 0 Å². The van der Waals surface area contributed by atoms with Gasteiger partial charge in [-0.3, -0.25) is 4.79 Å². The van der Waals surface area contributed by atoms with Gasteiger partial charge in [0.15, 0.2) is 0 Å². The second kappa shape index (κ2) is 4.54. The Labute approximate surface area is 77.2 Å². The summed E-state index contributed by atoms with van der Waals surface area (Å²) in [5.41, 5.74) is 6.05. The second-order valence-electron chi connectivity index (χ2n) is 2.88. The lowest BCUT2D eigenvalue weighted by Gasteiger charge is -1.98. The molecule has 1 amide bonds. The molecule has 0 atom stereocenters. The fourth-order valence-corrected chi connectivity index (χ4v) is 0.992. The van der Waals surface area contributed by atoms with Crippen LogP contribution in [-0.4, -0.2) is 15.9 Å². The first-order valence-electron chi connectivity index (χ1n) is 4.34. The number of unbranched alkanes of at least 4 members (excludes halogenated alkanes) is 1. The van der Waals surface area contributed by atoms with Gasteiger partial charge in [-0.1, -0.05) is 13.3 Å². The van der Waals surface area contributed by atoms with Crippen molar-refractivity contribution in [3.63, 3.8) is 0 Å². The SMILES string of the molecule is CCCCc1cnc(C(N)=O)nc1. The van der Waals surface area contributed by atoms with Crippen molar-refractivity contribution in [1.29, 1.82) is 0 Å². The van der Waals surface area contributed by atoms with E-state index in [0.717, 1.165) is 24.8 Å². The molecule has 0 aromatic carbocycles. The summed E-state index contributed by atoms with van der Waals surface area (Å²) in [6, 6.07) is 0. The molecule has 0 aliphatic rings. The number of carbonyl (C=O) groups is 1. The van der Waals surface area contributed by atoms with E-state index in [9.17, 15) is 4.79 Å². The van der Waals surface area contributed by atoms with Crippen molar-refractivity contribution in [1.82, 2.24) is 9.97 Å². The van der Waals surface area contributed by atoms with E-state index in [1.165, 1.54) is 0 Å². The minimum Gasteiger partial charge on any atom is -0.363 e. The molecule has 1 rings (SSSR count). The van der Waals surface area contributed by atoms with Crippen LogP contribution in [0.2, 0.25) is 0 Å². The normalized spacial score (nSPS) is 9.92. The molecule has 0 fully saturated rings. The Morgan fingerprint density at radius 3 is 2.54 bits per heavy atom. The van der Waals surface area contributed by atoms with Crippen LogP contribution in [0.5, 0.6) is 0 Å². The van der Waals surface area contributed by atoms with E-state index in [1.807, 2.05) is 0 Å². The van der Waals surface area contributed by atoms with Gasteiger partial charge in [0.25, 0.3) is 5.91 Å². The van der Waals surface area contributed by atoms with Gasteiger partial charge in [0.2, 0.25) is 5.82 Å². The number of aryl methyl sites for hydroxylation is 1. The molecule has 0 unspecified atom stereocenters. The molecule has 0 saturated carbocycles. The molecule has 0 aliphatic carbocycles. The molecule has 13 heavy (non-hydrogen) atoms. The van der Waals surface area contributed by atoms with Crippen molar-refractivity contribution >= 4 is 5.91 Å². The quantitative estimate of drug-likeness (QED) is 0.747.